The molecule has 0 unspecified atom stereocenters. The van der Waals surface area contributed by atoms with E-state index in [0.717, 1.165) is 6.07 Å². The molecule has 0 fully saturated rings. The molecule has 0 saturated heterocycles. The van der Waals surface area contributed by atoms with Gasteiger partial charge in [0.25, 0.3) is 0 Å². The molecule has 84 valence electrons. The van der Waals surface area contributed by atoms with Gasteiger partial charge in [-0.15, -0.1) is 0 Å². The fraction of sp³-hybridized carbons (Fsp3) is 0.182. The SMILES string of the molecule is CCC#COC(=O)Nc1ccc(O)cc1O. The van der Waals surface area contributed by atoms with Crippen LogP contribution in [0.2, 0.25) is 0 Å². The van der Waals surface area contributed by atoms with Crippen molar-refractivity contribution in [3.05, 3.63) is 18.2 Å². The molecule has 0 atom stereocenters. The molecule has 1 rings (SSSR count). The summed E-state index contributed by atoms with van der Waals surface area (Å²) in [5, 5.41) is 20.6. The third-order valence-corrected chi connectivity index (χ3v) is 1.61. The molecule has 0 aliphatic rings. The van der Waals surface area contributed by atoms with Gasteiger partial charge in [-0.1, -0.05) is 12.8 Å². The number of anilines is 1. The van der Waals surface area contributed by atoms with Gasteiger partial charge in [0.05, 0.1) is 5.69 Å². The van der Waals surface area contributed by atoms with Crippen LogP contribution in [-0.2, 0) is 4.74 Å². The maximum atomic E-state index is 11.1. The van der Waals surface area contributed by atoms with E-state index >= 15 is 0 Å². The van der Waals surface area contributed by atoms with Crippen molar-refractivity contribution in [3.63, 3.8) is 0 Å². The molecule has 0 saturated carbocycles. The Labute approximate surface area is 92.7 Å². The largest absolute Gasteiger partial charge is 0.508 e. The average molecular weight is 221 g/mol. The highest BCUT2D eigenvalue weighted by Crippen LogP contribution is 2.27. The summed E-state index contributed by atoms with van der Waals surface area (Å²) in [4.78, 5) is 11.1. The van der Waals surface area contributed by atoms with Gasteiger partial charge < -0.3 is 14.9 Å². The summed E-state index contributed by atoms with van der Waals surface area (Å²) in [6.07, 6.45) is 1.98. The minimum atomic E-state index is -0.790. The lowest BCUT2D eigenvalue weighted by Crippen LogP contribution is -2.10. The summed E-state index contributed by atoms with van der Waals surface area (Å²) < 4.78 is 4.49. The molecular weight excluding hydrogens is 210 g/mol. The molecule has 3 N–H and O–H groups in total. The molecule has 1 amide bonds. The lowest BCUT2D eigenvalue weighted by Gasteiger charge is -2.04. The number of phenolic OH excluding ortho intramolecular Hbond substituents is 2. The first-order valence-corrected chi connectivity index (χ1v) is 4.61. The molecule has 0 spiro atoms. The van der Waals surface area contributed by atoms with Gasteiger partial charge in [-0.3, -0.25) is 5.32 Å². The van der Waals surface area contributed by atoms with Crippen LogP contribution in [-0.4, -0.2) is 16.3 Å². The number of carbonyl (C=O) groups is 1. The Morgan fingerprint density at radius 1 is 1.50 bits per heavy atom. The molecule has 1 aromatic rings. The maximum absolute atomic E-state index is 11.1. The molecule has 0 aromatic heterocycles. The normalized spacial score (nSPS) is 8.81. The number of rotatable bonds is 1. The summed E-state index contributed by atoms with van der Waals surface area (Å²) in [7, 11) is 0. The van der Waals surface area contributed by atoms with Gasteiger partial charge >= 0.3 is 6.09 Å². The first-order chi connectivity index (χ1) is 7.63. The smallest absolute Gasteiger partial charge is 0.425 e. The molecule has 5 heteroatoms. The monoisotopic (exact) mass is 221 g/mol. The predicted octanol–water partition coefficient (Wildman–Crippen LogP) is 2.02. The van der Waals surface area contributed by atoms with Crippen molar-refractivity contribution in [3.8, 4) is 23.5 Å². The number of phenols is 2. The number of amides is 1. The van der Waals surface area contributed by atoms with Crippen LogP contribution in [0.25, 0.3) is 0 Å². The van der Waals surface area contributed by atoms with Crippen LogP contribution in [0.5, 0.6) is 11.5 Å². The summed E-state index contributed by atoms with van der Waals surface area (Å²) in [6, 6.07) is 3.78. The van der Waals surface area contributed by atoms with Crippen LogP contribution in [0.1, 0.15) is 13.3 Å². The summed E-state index contributed by atoms with van der Waals surface area (Å²) in [5.41, 5.74) is 0.140. The van der Waals surface area contributed by atoms with E-state index in [1.807, 2.05) is 6.92 Å². The van der Waals surface area contributed by atoms with E-state index in [4.69, 9.17) is 5.11 Å². The minimum Gasteiger partial charge on any atom is -0.508 e. The average Bonchev–Trinajstić information content (AvgIpc) is 2.23. The van der Waals surface area contributed by atoms with Crippen molar-refractivity contribution in [2.24, 2.45) is 0 Å². The van der Waals surface area contributed by atoms with E-state index in [1.54, 1.807) is 0 Å². The Morgan fingerprint density at radius 2 is 2.25 bits per heavy atom. The molecule has 0 radical (unpaired) electrons. The van der Waals surface area contributed by atoms with Crippen molar-refractivity contribution >= 4 is 11.8 Å². The second-order valence-electron chi connectivity index (χ2n) is 2.85. The summed E-state index contributed by atoms with van der Waals surface area (Å²) >= 11 is 0. The quantitative estimate of drug-likeness (QED) is 0.385. The Balaban J connectivity index is 2.63. The topological polar surface area (TPSA) is 78.8 Å². The lowest BCUT2D eigenvalue weighted by atomic mass is 10.3. The first kappa shape index (κ1) is 11.7. The van der Waals surface area contributed by atoms with Crippen molar-refractivity contribution in [2.75, 3.05) is 5.32 Å². The maximum Gasteiger partial charge on any atom is 0.425 e. The van der Waals surface area contributed by atoms with Crippen LogP contribution in [0.15, 0.2) is 18.2 Å². The van der Waals surface area contributed by atoms with E-state index in [9.17, 15) is 9.90 Å². The molecular formula is C11H11NO4. The standard InChI is InChI=1S/C11H11NO4/c1-2-3-6-16-11(15)12-9-5-4-8(13)7-10(9)14/h4-5,7,13-14H,2H2,1H3,(H,12,15). The van der Waals surface area contributed by atoms with Crippen molar-refractivity contribution in [1.29, 1.82) is 0 Å². The number of hydrogen-bond acceptors (Lipinski definition) is 4. The van der Waals surface area contributed by atoms with Crippen LogP contribution in [0.4, 0.5) is 10.5 Å². The van der Waals surface area contributed by atoms with Gasteiger partial charge in [0.2, 0.25) is 0 Å². The molecule has 0 heterocycles. The molecule has 0 aliphatic carbocycles. The summed E-state index contributed by atoms with van der Waals surface area (Å²) in [5.74, 6) is 2.21. The molecule has 0 aliphatic heterocycles. The van der Waals surface area contributed by atoms with Gasteiger partial charge in [-0.25, -0.2) is 4.79 Å². The highest BCUT2D eigenvalue weighted by atomic mass is 16.5. The number of nitrogens with one attached hydrogen (secondary N) is 1. The summed E-state index contributed by atoms with van der Waals surface area (Å²) in [6.45, 7) is 1.82. The fourth-order valence-electron chi connectivity index (χ4n) is 0.916. The van der Waals surface area contributed by atoms with Crippen molar-refractivity contribution in [1.82, 2.24) is 0 Å². The molecule has 16 heavy (non-hydrogen) atoms. The Morgan fingerprint density at radius 3 is 2.88 bits per heavy atom. The van der Waals surface area contributed by atoms with E-state index in [1.165, 1.54) is 12.1 Å². The number of carbonyl (C=O) groups excluding carboxylic acids is 1. The third-order valence-electron chi connectivity index (χ3n) is 1.61. The zero-order valence-corrected chi connectivity index (χ0v) is 8.65. The van der Waals surface area contributed by atoms with Gasteiger partial charge in [0.1, 0.15) is 17.6 Å². The van der Waals surface area contributed by atoms with Crippen molar-refractivity contribution in [2.45, 2.75) is 13.3 Å². The van der Waals surface area contributed by atoms with E-state index < -0.39 is 6.09 Å². The number of aromatic hydroxyl groups is 2. The van der Waals surface area contributed by atoms with Gasteiger partial charge in [0.15, 0.2) is 0 Å². The van der Waals surface area contributed by atoms with Crippen LogP contribution in [0, 0.1) is 12.0 Å². The Bertz CT molecular complexity index is 445. The van der Waals surface area contributed by atoms with Crippen LogP contribution in [0.3, 0.4) is 0 Å². The van der Waals surface area contributed by atoms with Crippen LogP contribution >= 0.6 is 0 Å². The molecule has 0 bridgehead atoms. The second kappa shape index (κ2) is 5.51. The molecule has 1 aromatic carbocycles. The Hall–Kier alpha value is -2.35. The number of benzene rings is 1. The first-order valence-electron chi connectivity index (χ1n) is 4.61. The van der Waals surface area contributed by atoms with Gasteiger partial charge in [-0.05, 0) is 12.1 Å². The van der Waals surface area contributed by atoms with Crippen LogP contribution < -0.4 is 5.32 Å². The van der Waals surface area contributed by atoms with Crippen molar-refractivity contribution < 1.29 is 19.7 Å². The zero-order valence-electron chi connectivity index (χ0n) is 8.65. The zero-order chi connectivity index (χ0) is 12.0. The van der Waals surface area contributed by atoms with E-state index in [2.05, 4.69) is 22.1 Å². The number of hydrogen-bond donors (Lipinski definition) is 3. The van der Waals surface area contributed by atoms with Gasteiger partial charge in [0, 0.05) is 12.5 Å². The van der Waals surface area contributed by atoms with Gasteiger partial charge in [-0.2, -0.15) is 0 Å². The highest BCUT2D eigenvalue weighted by Gasteiger charge is 2.06. The minimum absolute atomic E-state index is 0.0952. The van der Waals surface area contributed by atoms with E-state index in [-0.39, 0.29) is 17.2 Å². The third kappa shape index (κ3) is 3.42. The molecule has 5 nitrogen and oxygen atoms in total. The predicted molar refractivity (Wildman–Crippen MR) is 57.9 cm³/mol. The highest BCUT2D eigenvalue weighted by molar-refractivity contribution is 5.87. The Kier molecular flexibility index (Phi) is 4.04. The number of ether oxygens (including phenoxy) is 1. The lowest BCUT2D eigenvalue weighted by molar-refractivity contribution is 0.207. The van der Waals surface area contributed by atoms with E-state index in [0.29, 0.717) is 6.42 Å². The second-order valence-corrected chi connectivity index (χ2v) is 2.85. The fourth-order valence-corrected chi connectivity index (χ4v) is 0.916.